The lowest BCUT2D eigenvalue weighted by atomic mass is 10.00. The van der Waals surface area contributed by atoms with Gasteiger partial charge in [-0.1, -0.05) is 13.8 Å². The SMILES string of the molecule is CCC(O)C(C)CCF. The smallest absolute Gasteiger partial charge is 0.0898 e. The quantitative estimate of drug-likeness (QED) is 0.621. The van der Waals surface area contributed by atoms with E-state index in [1.165, 1.54) is 0 Å². The molecule has 1 N–H and O–H groups in total. The van der Waals surface area contributed by atoms with Crippen LogP contribution in [0.2, 0.25) is 0 Å². The van der Waals surface area contributed by atoms with Gasteiger partial charge in [-0.2, -0.15) is 0 Å². The zero-order valence-electron chi connectivity index (χ0n) is 6.10. The van der Waals surface area contributed by atoms with Gasteiger partial charge in [-0.05, 0) is 18.8 Å². The first kappa shape index (κ1) is 8.89. The fraction of sp³-hybridized carbons (Fsp3) is 1.00. The summed E-state index contributed by atoms with van der Waals surface area (Å²) in [6.45, 7) is 3.45. The van der Waals surface area contributed by atoms with Gasteiger partial charge in [0.1, 0.15) is 0 Å². The fourth-order valence-corrected chi connectivity index (χ4v) is 0.767. The molecule has 0 aromatic rings. The highest BCUT2D eigenvalue weighted by Crippen LogP contribution is 2.10. The van der Waals surface area contributed by atoms with Gasteiger partial charge in [-0.3, -0.25) is 4.39 Å². The van der Waals surface area contributed by atoms with Crippen molar-refractivity contribution >= 4 is 0 Å². The molecule has 0 rings (SSSR count). The van der Waals surface area contributed by atoms with Crippen LogP contribution < -0.4 is 0 Å². The number of rotatable bonds is 4. The van der Waals surface area contributed by atoms with Crippen molar-refractivity contribution in [2.24, 2.45) is 5.92 Å². The standard InChI is InChI=1S/C7H15FO/c1-3-7(9)6(2)4-5-8/h6-7,9H,3-5H2,1-2H3. The zero-order chi connectivity index (χ0) is 7.28. The van der Waals surface area contributed by atoms with Crippen molar-refractivity contribution in [3.63, 3.8) is 0 Å². The lowest BCUT2D eigenvalue weighted by Gasteiger charge is -2.14. The second kappa shape index (κ2) is 4.74. The average Bonchev–Trinajstić information content (AvgIpc) is 1.87. The Morgan fingerprint density at radius 2 is 2.11 bits per heavy atom. The molecule has 2 unspecified atom stereocenters. The Balaban J connectivity index is 3.32. The number of aliphatic hydroxyl groups is 1. The molecule has 0 aliphatic heterocycles. The van der Waals surface area contributed by atoms with E-state index in [0.29, 0.717) is 6.42 Å². The van der Waals surface area contributed by atoms with E-state index in [2.05, 4.69) is 0 Å². The van der Waals surface area contributed by atoms with Crippen LogP contribution in [0.4, 0.5) is 4.39 Å². The summed E-state index contributed by atoms with van der Waals surface area (Å²) < 4.78 is 11.6. The van der Waals surface area contributed by atoms with E-state index in [-0.39, 0.29) is 18.7 Å². The molecule has 0 saturated carbocycles. The Hall–Kier alpha value is -0.110. The zero-order valence-corrected chi connectivity index (χ0v) is 6.10. The molecule has 0 aromatic carbocycles. The molecule has 0 aliphatic carbocycles. The minimum Gasteiger partial charge on any atom is -0.393 e. The van der Waals surface area contributed by atoms with E-state index in [1.807, 2.05) is 13.8 Å². The number of hydrogen-bond acceptors (Lipinski definition) is 1. The molecule has 2 atom stereocenters. The Kier molecular flexibility index (Phi) is 4.68. The Labute approximate surface area is 55.9 Å². The molecule has 0 bridgehead atoms. The molecule has 0 radical (unpaired) electrons. The van der Waals surface area contributed by atoms with Crippen LogP contribution >= 0.6 is 0 Å². The summed E-state index contributed by atoms with van der Waals surface area (Å²) in [5.41, 5.74) is 0. The summed E-state index contributed by atoms with van der Waals surface area (Å²) in [6, 6.07) is 0. The van der Waals surface area contributed by atoms with Crippen LogP contribution in [0, 0.1) is 5.92 Å². The van der Waals surface area contributed by atoms with Gasteiger partial charge in [0.2, 0.25) is 0 Å². The van der Waals surface area contributed by atoms with Crippen molar-refractivity contribution in [2.45, 2.75) is 32.8 Å². The van der Waals surface area contributed by atoms with Crippen molar-refractivity contribution in [1.82, 2.24) is 0 Å². The summed E-state index contributed by atoms with van der Waals surface area (Å²) >= 11 is 0. The van der Waals surface area contributed by atoms with Crippen LogP contribution in [0.5, 0.6) is 0 Å². The van der Waals surface area contributed by atoms with Crippen molar-refractivity contribution < 1.29 is 9.50 Å². The molecule has 0 fully saturated rings. The number of alkyl halides is 1. The lowest BCUT2D eigenvalue weighted by molar-refractivity contribution is 0.104. The van der Waals surface area contributed by atoms with Gasteiger partial charge in [0.05, 0.1) is 12.8 Å². The first-order valence-electron chi connectivity index (χ1n) is 3.46. The monoisotopic (exact) mass is 134 g/mol. The molecule has 56 valence electrons. The molecule has 0 aromatic heterocycles. The highest BCUT2D eigenvalue weighted by Gasteiger charge is 2.10. The predicted molar refractivity (Wildman–Crippen MR) is 36.1 cm³/mol. The first-order chi connectivity index (χ1) is 4.22. The van der Waals surface area contributed by atoms with E-state index in [4.69, 9.17) is 5.11 Å². The number of halogens is 1. The van der Waals surface area contributed by atoms with Crippen LogP contribution in [0.1, 0.15) is 26.7 Å². The second-order valence-electron chi connectivity index (χ2n) is 2.43. The van der Waals surface area contributed by atoms with Crippen LogP contribution in [0.3, 0.4) is 0 Å². The number of hydrogen-bond donors (Lipinski definition) is 1. The van der Waals surface area contributed by atoms with Gasteiger partial charge in [-0.15, -0.1) is 0 Å². The molecule has 1 nitrogen and oxygen atoms in total. The van der Waals surface area contributed by atoms with Gasteiger partial charge in [0, 0.05) is 0 Å². The summed E-state index contributed by atoms with van der Waals surface area (Å²) in [7, 11) is 0. The highest BCUT2D eigenvalue weighted by atomic mass is 19.1. The van der Waals surface area contributed by atoms with Crippen molar-refractivity contribution in [2.75, 3.05) is 6.67 Å². The van der Waals surface area contributed by atoms with Crippen molar-refractivity contribution in [1.29, 1.82) is 0 Å². The predicted octanol–water partition coefficient (Wildman–Crippen LogP) is 1.75. The second-order valence-corrected chi connectivity index (χ2v) is 2.43. The minimum atomic E-state index is -0.321. The van der Waals surface area contributed by atoms with Crippen molar-refractivity contribution in [3.05, 3.63) is 0 Å². The molecule has 2 heteroatoms. The Bertz CT molecular complexity index is 65.9. The third kappa shape index (κ3) is 3.46. The van der Waals surface area contributed by atoms with Gasteiger partial charge < -0.3 is 5.11 Å². The lowest BCUT2D eigenvalue weighted by Crippen LogP contribution is -2.16. The van der Waals surface area contributed by atoms with Crippen LogP contribution in [0.25, 0.3) is 0 Å². The Morgan fingerprint density at radius 3 is 2.44 bits per heavy atom. The van der Waals surface area contributed by atoms with Gasteiger partial charge in [0.25, 0.3) is 0 Å². The third-order valence-corrected chi connectivity index (χ3v) is 1.64. The Morgan fingerprint density at radius 1 is 1.56 bits per heavy atom. The first-order valence-corrected chi connectivity index (χ1v) is 3.46. The van der Waals surface area contributed by atoms with Crippen LogP contribution in [-0.2, 0) is 0 Å². The van der Waals surface area contributed by atoms with Gasteiger partial charge in [0.15, 0.2) is 0 Å². The molecule has 0 saturated heterocycles. The molecule has 9 heavy (non-hydrogen) atoms. The van der Waals surface area contributed by atoms with Crippen molar-refractivity contribution in [3.8, 4) is 0 Å². The third-order valence-electron chi connectivity index (χ3n) is 1.64. The maximum absolute atomic E-state index is 11.6. The van der Waals surface area contributed by atoms with Crippen LogP contribution in [0.15, 0.2) is 0 Å². The minimum absolute atomic E-state index is 0.111. The summed E-state index contributed by atoms with van der Waals surface area (Å²) in [5.74, 6) is 0.111. The molecular formula is C7H15FO. The van der Waals surface area contributed by atoms with Gasteiger partial charge >= 0.3 is 0 Å². The molecule has 0 aliphatic rings. The number of aliphatic hydroxyl groups excluding tert-OH is 1. The van der Waals surface area contributed by atoms with E-state index >= 15 is 0 Å². The molecule has 0 spiro atoms. The van der Waals surface area contributed by atoms with Gasteiger partial charge in [-0.25, -0.2) is 0 Å². The van der Waals surface area contributed by atoms with E-state index in [0.717, 1.165) is 6.42 Å². The van der Waals surface area contributed by atoms with E-state index < -0.39 is 0 Å². The summed E-state index contributed by atoms with van der Waals surface area (Å²) in [5, 5.41) is 9.09. The van der Waals surface area contributed by atoms with Crippen LogP contribution in [-0.4, -0.2) is 17.9 Å². The largest absolute Gasteiger partial charge is 0.393 e. The summed E-state index contributed by atoms with van der Waals surface area (Å²) in [6.07, 6.45) is 0.886. The fourth-order valence-electron chi connectivity index (χ4n) is 0.767. The molecule has 0 heterocycles. The molecule has 0 amide bonds. The average molecular weight is 134 g/mol. The topological polar surface area (TPSA) is 20.2 Å². The molecular weight excluding hydrogens is 119 g/mol. The maximum Gasteiger partial charge on any atom is 0.0898 e. The highest BCUT2D eigenvalue weighted by molar-refractivity contribution is 4.61. The van der Waals surface area contributed by atoms with E-state index in [9.17, 15) is 4.39 Å². The normalized spacial score (nSPS) is 17.3. The van der Waals surface area contributed by atoms with E-state index in [1.54, 1.807) is 0 Å². The maximum atomic E-state index is 11.6. The summed E-state index contributed by atoms with van der Waals surface area (Å²) in [4.78, 5) is 0.